The van der Waals surface area contributed by atoms with Crippen molar-refractivity contribution >= 4 is 35.8 Å². The molecule has 0 aromatic carbocycles. The molecule has 0 heterocycles. The monoisotopic (exact) mass is 351 g/mol. The molecule has 0 rings (SSSR count). The van der Waals surface area contributed by atoms with Crippen molar-refractivity contribution in [1.82, 2.24) is 0 Å². The fourth-order valence-electron chi connectivity index (χ4n) is 0.477. The van der Waals surface area contributed by atoms with Gasteiger partial charge in [0.25, 0.3) is 0 Å². The van der Waals surface area contributed by atoms with Crippen LogP contribution in [0.3, 0.4) is 0 Å². The van der Waals surface area contributed by atoms with Crippen LogP contribution in [0.1, 0.15) is 0 Å². The fourth-order valence-corrected chi connectivity index (χ4v) is 0.477. The van der Waals surface area contributed by atoms with E-state index in [-0.39, 0.29) is 37.5 Å². The van der Waals surface area contributed by atoms with Gasteiger partial charge in [-0.15, -0.1) is 0 Å². The second-order valence-corrected chi connectivity index (χ2v) is 3.40. The molecule has 138 valence electrons. The lowest BCUT2D eigenvalue weighted by molar-refractivity contribution is -0.136. The highest BCUT2D eigenvalue weighted by atomic mass is 16.4. The molecule has 0 fully saturated rings. The summed E-state index contributed by atoms with van der Waals surface area (Å²) in [6.07, 6.45) is 0. The summed E-state index contributed by atoms with van der Waals surface area (Å²) in [5, 5.41) is 23.8. The first-order chi connectivity index (χ1) is 10.9. The largest absolute Gasteiger partial charge is 0.480 e. The summed E-state index contributed by atoms with van der Waals surface area (Å²) in [7, 11) is 0. The number of nitrogens with two attached hydrogens (primary N) is 6. The topological polar surface area (TPSA) is 305 Å². The minimum atomic E-state index is -1.04. The maximum Gasteiger partial charge on any atom is 0.325 e. The standard InChI is InChI=1S/3C3H7N3O2/c3*4-3(5)6-1-2(7)8/h3*1H2,(H,7,8)(H4,4,5,6). The zero-order valence-electron chi connectivity index (χ0n) is 12.5. The smallest absolute Gasteiger partial charge is 0.325 e. The Balaban J connectivity index is -0.000000276. The number of hydrogen-bond acceptors (Lipinski definition) is 6. The molecule has 0 unspecified atom stereocenters. The van der Waals surface area contributed by atoms with Crippen molar-refractivity contribution in [2.75, 3.05) is 19.6 Å². The minimum absolute atomic E-state index is 0.201. The van der Waals surface area contributed by atoms with E-state index in [0.29, 0.717) is 0 Å². The Morgan fingerprint density at radius 1 is 0.542 bits per heavy atom. The lowest BCUT2D eigenvalue weighted by Crippen LogP contribution is -2.24. The first-order valence-corrected chi connectivity index (χ1v) is 5.70. The molecule has 0 atom stereocenters. The Morgan fingerprint density at radius 2 is 0.708 bits per heavy atom. The molecule has 0 aliphatic heterocycles. The van der Waals surface area contributed by atoms with Crippen LogP contribution < -0.4 is 34.4 Å². The Bertz CT molecular complexity index is 418. The number of carboxylic acid groups (broad SMARTS) is 3. The average Bonchev–Trinajstić information content (AvgIpc) is 2.42. The van der Waals surface area contributed by atoms with Gasteiger partial charge >= 0.3 is 17.9 Å². The minimum Gasteiger partial charge on any atom is -0.480 e. The normalized spacial score (nSPS) is 8.00. The van der Waals surface area contributed by atoms with E-state index in [1.807, 2.05) is 0 Å². The fraction of sp³-hybridized carbons (Fsp3) is 0.333. The average molecular weight is 351 g/mol. The van der Waals surface area contributed by atoms with Crippen LogP contribution in [0.2, 0.25) is 0 Å². The Kier molecular flexibility index (Phi) is 16.4. The van der Waals surface area contributed by atoms with E-state index in [0.717, 1.165) is 0 Å². The molecule has 0 saturated heterocycles. The molecule has 15 nitrogen and oxygen atoms in total. The molecule has 0 saturated carbocycles. The zero-order valence-corrected chi connectivity index (χ0v) is 12.5. The van der Waals surface area contributed by atoms with Gasteiger partial charge in [-0.05, 0) is 0 Å². The van der Waals surface area contributed by atoms with Crippen LogP contribution in [0, 0.1) is 0 Å². The molecule has 15 N–H and O–H groups in total. The highest BCUT2D eigenvalue weighted by Gasteiger charge is 1.91. The molecule has 0 aromatic heterocycles. The SMILES string of the molecule is NC(N)=NCC(=O)O.NC(N)=NCC(=O)O.NC(N)=NCC(=O)O. The van der Waals surface area contributed by atoms with Crippen molar-refractivity contribution in [1.29, 1.82) is 0 Å². The number of nitrogens with zero attached hydrogens (tertiary/aromatic N) is 3. The first kappa shape index (κ1) is 25.2. The summed E-state index contributed by atoms with van der Waals surface area (Å²) < 4.78 is 0. The van der Waals surface area contributed by atoms with Gasteiger partial charge in [-0.3, -0.25) is 14.4 Å². The summed E-state index contributed by atoms with van der Waals surface area (Å²) in [6, 6.07) is 0. The summed E-state index contributed by atoms with van der Waals surface area (Å²) in [5.41, 5.74) is 28.8. The van der Waals surface area contributed by atoms with Gasteiger partial charge in [0.15, 0.2) is 17.9 Å². The molecular weight excluding hydrogens is 330 g/mol. The quantitative estimate of drug-likeness (QED) is 0.160. The second-order valence-electron chi connectivity index (χ2n) is 3.40. The van der Waals surface area contributed by atoms with Gasteiger partial charge in [0.1, 0.15) is 19.6 Å². The van der Waals surface area contributed by atoms with Crippen molar-refractivity contribution in [3.8, 4) is 0 Å². The van der Waals surface area contributed by atoms with Crippen LogP contribution in [0.15, 0.2) is 15.0 Å². The molecule has 0 spiro atoms. The Labute approximate surface area is 135 Å². The lowest BCUT2D eigenvalue weighted by atomic mass is 10.7. The van der Waals surface area contributed by atoms with Gasteiger partial charge in [-0.2, -0.15) is 0 Å². The number of carboxylic acids is 3. The van der Waals surface area contributed by atoms with Crippen molar-refractivity contribution < 1.29 is 29.7 Å². The highest BCUT2D eigenvalue weighted by molar-refractivity contribution is 5.80. The molecule has 15 heteroatoms. The zero-order chi connectivity index (χ0) is 19.7. The van der Waals surface area contributed by atoms with Crippen LogP contribution in [-0.2, 0) is 14.4 Å². The van der Waals surface area contributed by atoms with Crippen molar-refractivity contribution in [2.45, 2.75) is 0 Å². The third kappa shape index (κ3) is 42.9. The third-order valence-corrected chi connectivity index (χ3v) is 1.19. The summed E-state index contributed by atoms with van der Waals surface area (Å²) >= 11 is 0. The maximum atomic E-state index is 9.69. The molecule has 0 aliphatic carbocycles. The van der Waals surface area contributed by atoms with Gasteiger partial charge in [-0.25, -0.2) is 15.0 Å². The maximum absolute atomic E-state index is 9.69. The van der Waals surface area contributed by atoms with E-state index >= 15 is 0 Å². The van der Waals surface area contributed by atoms with E-state index in [4.69, 9.17) is 49.7 Å². The summed E-state index contributed by atoms with van der Waals surface area (Å²) in [4.78, 5) is 38.6. The Hall–Kier alpha value is -3.78. The van der Waals surface area contributed by atoms with Gasteiger partial charge in [0.05, 0.1) is 0 Å². The third-order valence-electron chi connectivity index (χ3n) is 1.19. The molecule has 0 bridgehead atoms. The molecule has 0 radical (unpaired) electrons. The number of guanidine groups is 3. The van der Waals surface area contributed by atoms with Crippen LogP contribution in [-0.4, -0.2) is 70.7 Å². The van der Waals surface area contributed by atoms with E-state index in [1.54, 1.807) is 0 Å². The summed E-state index contributed by atoms with van der Waals surface area (Å²) in [5.74, 6) is -3.73. The van der Waals surface area contributed by atoms with E-state index in [1.165, 1.54) is 0 Å². The molecular formula is C9H21N9O6. The van der Waals surface area contributed by atoms with Crippen molar-refractivity contribution in [2.24, 2.45) is 49.4 Å². The van der Waals surface area contributed by atoms with E-state index in [9.17, 15) is 14.4 Å². The number of aliphatic imine (C=N–C) groups is 3. The van der Waals surface area contributed by atoms with Crippen LogP contribution >= 0.6 is 0 Å². The van der Waals surface area contributed by atoms with Gasteiger partial charge < -0.3 is 49.7 Å². The van der Waals surface area contributed by atoms with E-state index < -0.39 is 17.9 Å². The molecule has 24 heavy (non-hydrogen) atoms. The van der Waals surface area contributed by atoms with Gasteiger partial charge in [0.2, 0.25) is 0 Å². The molecule has 0 aliphatic rings. The first-order valence-electron chi connectivity index (χ1n) is 5.70. The van der Waals surface area contributed by atoms with Crippen LogP contribution in [0.25, 0.3) is 0 Å². The number of aliphatic carboxylic acids is 3. The molecule has 0 aromatic rings. The second kappa shape index (κ2) is 15.6. The van der Waals surface area contributed by atoms with Gasteiger partial charge in [0, 0.05) is 0 Å². The van der Waals surface area contributed by atoms with Crippen LogP contribution in [0.4, 0.5) is 0 Å². The predicted molar refractivity (Wildman–Crippen MR) is 84.9 cm³/mol. The number of carbonyl (C=O) groups is 3. The number of hydrogen-bond donors (Lipinski definition) is 9. The highest BCUT2D eigenvalue weighted by Crippen LogP contribution is 1.66. The van der Waals surface area contributed by atoms with Crippen LogP contribution in [0.5, 0.6) is 0 Å². The number of rotatable bonds is 6. The predicted octanol–water partition coefficient (Wildman–Crippen LogP) is -4.97. The summed E-state index contributed by atoms with van der Waals surface area (Å²) in [6.45, 7) is -1.08. The van der Waals surface area contributed by atoms with Crippen molar-refractivity contribution in [3.05, 3.63) is 0 Å². The van der Waals surface area contributed by atoms with Gasteiger partial charge in [-0.1, -0.05) is 0 Å². The van der Waals surface area contributed by atoms with E-state index in [2.05, 4.69) is 15.0 Å². The van der Waals surface area contributed by atoms with Crippen molar-refractivity contribution in [3.63, 3.8) is 0 Å². The lowest BCUT2D eigenvalue weighted by Gasteiger charge is -1.85. The Morgan fingerprint density at radius 3 is 0.750 bits per heavy atom. The molecule has 0 amide bonds.